The molecule has 0 aliphatic carbocycles. The van der Waals surface area contributed by atoms with Gasteiger partial charge in [0, 0.05) is 31.2 Å². The van der Waals surface area contributed by atoms with Gasteiger partial charge < -0.3 is 14.2 Å². The minimum Gasteiger partial charge on any atom is -0.465 e. The van der Waals surface area contributed by atoms with Gasteiger partial charge in [-0.3, -0.25) is 14.9 Å². The number of esters is 1. The standard InChI is InChI=1S/C15H19NO6/c1-5-20-13(17)14(3)11-9-10(16(18)19)7-8-12(11)22-15(14,4)21-6-2/h7-9H,5-6H2,1-4H3. The molecule has 0 N–H and O–H groups in total. The molecule has 0 radical (unpaired) electrons. The van der Waals surface area contributed by atoms with Crippen LogP contribution in [0.3, 0.4) is 0 Å². The van der Waals surface area contributed by atoms with Gasteiger partial charge in [-0.25, -0.2) is 0 Å². The number of carbonyl (C=O) groups excluding carboxylic acids is 1. The highest BCUT2D eigenvalue weighted by Crippen LogP contribution is 2.51. The van der Waals surface area contributed by atoms with E-state index in [0.717, 1.165) is 0 Å². The van der Waals surface area contributed by atoms with Crippen LogP contribution in [0.4, 0.5) is 5.69 Å². The van der Waals surface area contributed by atoms with Crippen molar-refractivity contribution in [1.29, 1.82) is 0 Å². The molecule has 2 rings (SSSR count). The van der Waals surface area contributed by atoms with E-state index in [9.17, 15) is 14.9 Å². The summed E-state index contributed by atoms with van der Waals surface area (Å²) in [5.74, 6) is -1.44. The van der Waals surface area contributed by atoms with E-state index in [-0.39, 0.29) is 12.3 Å². The number of carbonyl (C=O) groups is 1. The van der Waals surface area contributed by atoms with Gasteiger partial charge in [0.15, 0.2) is 5.41 Å². The van der Waals surface area contributed by atoms with Crippen LogP contribution in [0.25, 0.3) is 0 Å². The first-order chi connectivity index (χ1) is 10.3. The van der Waals surface area contributed by atoms with Gasteiger partial charge in [-0.2, -0.15) is 0 Å². The number of fused-ring (bicyclic) bond motifs is 1. The van der Waals surface area contributed by atoms with Gasteiger partial charge in [-0.1, -0.05) is 0 Å². The molecule has 0 fully saturated rings. The Balaban J connectivity index is 2.62. The lowest BCUT2D eigenvalue weighted by atomic mass is 9.77. The van der Waals surface area contributed by atoms with Gasteiger partial charge in [0.25, 0.3) is 5.69 Å². The Morgan fingerprint density at radius 2 is 2.00 bits per heavy atom. The van der Waals surface area contributed by atoms with E-state index < -0.39 is 22.1 Å². The Kier molecular flexibility index (Phi) is 4.10. The van der Waals surface area contributed by atoms with E-state index in [1.54, 1.807) is 27.7 Å². The Labute approximate surface area is 128 Å². The van der Waals surface area contributed by atoms with Gasteiger partial charge in [0.1, 0.15) is 5.75 Å². The molecule has 0 spiro atoms. The molecule has 0 bridgehead atoms. The summed E-state index contributed by atoms with van der Waals surface area (Å²) in [6.45, 7) is 7.26. The molecule has 1 aromatic carbocycles. The molecule has 2 unspecified atom stereocenters. The normalized spacial score (nSPS) is 26.2. The van der Waals surface area contributed by atoms with E-state index in [4.69, 9.17) is 14.2 Å². The molecule has 2 atom stereocenters. The van der Waals surface area contributed by atoms with Crippen molar-refractivity contribution in [3.8, 4) is 5.75 Å². The Morgan fingerprint density at radius 1 is 1.32 bits per heavy atom. The Bertz CT molecular complexity index is 616. The van der Waals surface area contributed by atoms with Gasteiger partial charge >= 0.3 is 5.97 Å². The Morgan fingerprint density at radius 3 is 2.55 bits per heavy atom. The largest absolute Gasteiger partial charge is 0.465 e. The summed E-state index contributed by atoms with van der Waals surface area (Å²) in [7, 11) is 0. The van der Waals surface area contributed by atoms with Crippen LogP contribution in [0.2, 0.25) is 0 Å². The van der Waals surface area contributed by atoms with Crippen molar-refractivity contribution >= 4 is 11.7 Å². The first-order valence-electron chi connectivity index (χ1n) is 7.09. The maximum absolute atomic E-state index is 12.5. The SMILES string of the molecule is CCOC(=O)C1(C)c2cc([N+](=O)[O-])ccc2OC1(C)OCC. The summed E-state index contributed by atoms with van der Waals surface area (Å²) >= 11 is 0. The van der Waals surface area contributed by atoms with Crippen molar-refractivity contribution in [1.82, 2.24) is 0 Å². The fraction of sp³-hybridized carbons (Fsp3) is 0.533. The summed E-state index contributed by atoms with van der Waals surface area (Å²) in [4.78, 5) is 23.0. The number of ether oxygens (including phenoxy) is 3. The van der Waals surface area contributed by atoms with Crippen LogP contribution in [0.1, 0.15) is 33.3 Å². The number of hydrogen-bond acceptors (Lipinski definition) is 6. The molecule has 22 heavy (non-hydrogen) atoms. The van der Waals surface area contributed by atoms with E-state index >= 15 is 0 Å². The average Bonchev–Trinajstić information content (AvgIpc) is 2.68. The average molecular weight is 309 g/mol. The summed E-state index contributed by atoms with van der Waals surface area (Å²) in [5, 5.41) is 11.0. The molecule has 7 nitrogen and oxygen atoms in total. The second-order valence-corrected chi connectivity index (χ2v) is 5.26. The maximum Gasteiger partial charge on any atom is 0.323 e. The summed E-state index contributed by atoms with van der Waals surface area (Å²) in [5.41, 5.74) is -1.00. The Hall–Kier alpha value is -2.15. The molecule has 0 saturated carbocycles. The molecular weight excluding hydrogens is 290 g/mol. The highest BCUT2D eigenvalue weighted by Gasteiger charge is 2.62. The lowest BCUT2D eigenvalue weighted by Gasteiger charge is -2.36. The first-order valence-corrected chi connectivity index (χ1v) is 7.09. The first kappa shape index (κ1) is 16.2. The molecule has 1 heterocycles. The van der Waals surface area contributed by atoms with Gasteiger partial charge in [0.2, 0.25) is 5.79 Å². The van der Waals surface area contributed by atoms with Gasteiger partial charge in [-0.05, 0) is 26.8 Å². The monoisotopic (exact) mass is 309 g/mol. The zero-order valence-corrected chi connectivity index (χ0v) is 13.0. The van der Waals surface area contributed by atoms with Crippen molar-refractivity contribution in [2.45, 2.75) is 38.9 Å². The van der Waals surface area contributed by atoms with Crippen LogP contribution in [0.5, 0.6) is 5.75 Å². The number of nitro benzene ring substituents is 1. The molecule has 120 valence electrons. The smallest absolute Gasteiger partial charge is 0.323 e. The van der Waals surface area contributed by atoms with Crippen LogP contribution in [-0.2, 0) is 19.7 Å². The predicted octanol–water partition coefficient (Wildman–Crippen LogP) is 2.56. The predicted molar refractivity (Wildman–Crippen MR) is 77.7 cm³/mol. The van der Waals surface area contributed by atoms with Gasteiger partial charge in [0.05, 0.1) is 11.5 Å². The van der Waals surface area contributed by atoms with Crippen LogP contribution >= 0.6 is 0 Å². The van der Waals surface area contributed by atoms with Crippen LogP contribution in [0.15, 0.2) is 18.2 Å². The lowest BCUT2D eigenvalue weighted by Crippen LogP contribution is -2.54. The van der Waals surface area contributed by atoms with E-state index in [1.807, 2.05) is 0 Å². The number of rotatable bonds is 5. The van der Waals surface area contributed by atoms with E-state index in [0.29, 0.717) is 17.9 Å². The van der Waals surface area contributed by atoms with Crippen molar-refractivity contribution in [3.05, 3.63) is 33.9 Å². The number of nitro groups is 1. The quantitative estimate of drug-likeness (QED) is 0.472. The second-order valence-electron chi connectivity index (χ2n) is 5.26. The fourth-order valence-electron chi connectivity index (χ4n) is 2.69. The van der Waals surface area contributed by atoms with Crippen molar-refractivity contribution in [2.24, 2.45) is 0 Å². The molecular formula is C15H19NO6. The molecule has 0 amide bonds. The summed E-state index contributed by atoms with van der Waals surface area (Å²) < 4.78 is 16.6. The number of nitrogens with zero attached hydrogens (tertiary/aromatic N) is 1. The van der Waals surface area contributed by atoms with Crippen LogP contribution in [-0.4, -0.2) is 29.9 Å². The van der Waals surface area contributed by atoms with Crippen molar-refractivity contribution in [3.63, 3.8) is 0 Å². The zero-order valence-electron chi connectivity index (χ0n) is 13.0. The van der Waals surface area contributed by atoms with Crippen molar-refractivity contribution in [2.75, 3.05) is 13.2 Å². The molecule has 1 aliphatic heterocycles. The zero-order chi connectivity index (χ0) is 16.5. The minimum atomic E-state index is -1.29. The third kappa shape index (κ3) is 2.21. The molecule has 0 aromatic heterocycles. The van der Waals surface area contributed by atoms with E-state index in [2.05, 4.69) is 0 Å². The molecule has 0 saturated heterocycles. The minimum absolute atomic E-state index is 0.112. The maximum atomic E-state index is 12.5. The number of benzene rings is 1. The van der Waals surface area contributed by atoms with Gasteiger partial charge in [-0.15, -0.1) is 0 Å². The van der Waals surface area contributed by atoms with E-state index in [1.165, 1.54) is 18.2 Å². The highest BCUT2D eigenvalue weighted by molar-refractivity contribution is 5.87. The third-order valence-electron chi connectivity index (χ3n) is 4.03. The molecule has 1 aromatic rings. The highest BCUT2D eigenvalue weighted by atomic mass is 16.7. The second kappa shape index (κ2) is 5.57. The summed E-state index contributed by atoms with van der Waals surface area (Å²) in [6, 6.07) is 4.16. The lowest BCUT2D eigenvalue weighted by molar-refractivity contribution is -0.384. The van der Waals surface area contributed by atoms with Crippen LogP contribution in [0, 0.1) is 10.1 Å². The topological polar surface area (TPSA) is 87.9 Å². The molecule has 7 heteroatoms. The van der Waals surface area contributed by atoms with Crippen molar-refractivity contribution < 1.29 is 23.9 Å². The van der Waals surface area contributed by atoms with Crippen LogP contribution < -0.4 is 4.74 Å². The third-order valence-corrected chi connectivity index (χ3v) is 4.03. The summed E-state index contributed by atoms with van der Waals surface area (Å²) in [6.07, 6.45) is 0. The number of non-ortho nitro benzene ring substituents is 1. The molecule has 1 aliphatic rings. The number of hydrogen-bond donors (Lipinski definition) is 0. The fourth-order valence-corrected chi connectivity index (χ4v) is 2.69.